The van der Waals surface area contributed by atoms with Crippen LogP contribution in [0.3, 0.4) is 0 Å². The van der Waals surface area contributed by atoms with Crippen LogP contribution in [0.2, 0.25) is 0 Å². The minimum absolute atomic E-state index is 0.00915. The molecule has 5 heteroatoms. The summed E-state index contributed by atoms with van der Waals surface area (Å²) < 4.78 is 22.8. The molecule has 0 N–H and O–H groups in total. The van der Waals surface area contributed by atoms with E-state index in [1.54, 1.807) is 24.3 Å². The Balaban J connectivity index is 1.42. The normalized spacial score (nSPS) is 14.1. The van der Waals surface area contributed by atoms with Crippen molar-refractivity contribution < 1.29 is 23.7 Å². The molecule has 0 heterocycles. The zero-order chi connectivity index (χ0) is 28.3. The van der Waals surface area contributed by atoms with Crippen LogP contribution in [-0.4, -0.2) is 31.6 Å². The van der Waals surface area contributed by atoms with E-state index in [2.05, 4.69) is 38.1 Å². The van der Waals surface area contributed by atoms with Gasteiger partial charge in [0.1, 0.15) is 11.5 Å². The van der Waals surface area contributed by atoms with Gasteiger partial charge in [0.2, 0.25) is 0 Å². The van der Waals surface area contributed by atoms with Crippen molar-refractivity contribution in [2.45, 2.75) is 51.7 Å². The van der Waals surface area contributed by atoms with Crippen LogP contribution in [0.1, 0.15) is 61.8 Å². The van der Waals surface area contributed by atoms with Crippen molar-refractivity contribution in [3.63, 3.8) is 0 Å². The predicted molar refractivity (Wildman–Crippen MR) is 158 cm³/mol. The molecule has 0 aliphatic rings. The minimum Gasteiger partial charge on any atom is -0.395 e. The summed E-state index contributed by atoms with van der Waals surface area (Å²) in [4.78, 5) is 12.6. The number of benzene rings is 4. The maximum absolute atomic E-state index is 12.6. The van der Waals surface area contributed by atoms with Crippen LogP contribution in [0.5, 0.6) is 11.5 Å². The van der Waals surface area contributed by atoms with Crippen molar-refractivity contribution >= 4 is 6.16 Å². The summed E-state index contributed by atoms with van der Waals surface area (Å²) in [5.41, 5.74) is 4.51. The summed E-state index contributed by atoms with van der Waals surface area (Å²) in [7, 11) is 0. The van der Waals surface area contributed by atoms with E-state index in [0.717, 1.165) is 11.1 Å². The van der Waals surface area contributed by atoms with Gasteiger partial charge in [0.15, 0.2) is 0 Å². The Morgan fingerprint density at radius 1 is 0.525 bits per heavy atom. The molecule has 0 radical (unpaired) electrons. The van der Waals surface area contributed by atoms with E-state index in [-0.39, 0.29) is 24.0 Å². The van der Waals surface area contributed by atoms with E-state index in [1.165, 1.54) is 11.1 Å². The van der Waals surface area contributed by atoms with E-state index in [4.69, 9.17) is 18.9 Å². The van der Waals surface area contributed by atoms with Crippen LogP contribution >= 0.6 is 0 Å². The van der Waals surface area contributed by atoms with Crippen molar-refractivity contribution in [1.82, 2.24) is 0 Å². The summed E-state index contributed by atoms with van der Waals surface area (Å²) in [6, 6.07) is 35.6. The van der Waals surface area contributed by atoms with Crippen LogP contribution < -0.4 is 9.47 Å². The van der Waals surface area contributed by atoms with Gasteiger partial charge in [-0.05, 0) is 74.2 Å². The second kappa shape index (κ2) is 14.5. The van der Waals surface area contributed by atoms with Gasteiger partial charge in [-0.3, -0.25) is 0 Å². The third kappa shape index (κ3) is 7.59. The van der Waals surface area contributed by atoms with Crippen molar-refractivity contribution in [3.8, 4) is 11.5 Å². The number of carbonyl (C=O) groups is 1. The first-order valence-corrected chi connectivity index (χ1v) is 13.9. The largest absolute Gasteiger partial charge is 0.519 e. The molecular formula is C35H38O5. The van der Waals surface area contributed by atoms with Gasteiger partial charge in [-0.2, -0.15) is 0 Å². The van der Waals surface area contributed by atoms with Crippen molar-refractivity contribution in [2.75, 3.05) is 13.2 Å². The van der Waals surface area contributed by atoms with Gasteiger partial charge in [0.25, 0.3) is 0 Å². The maximum atomic E-state index is 12.6. The zero-order valence-corrected chi connectivity index (χ0v) is 23.7. The molecule has 5 nitrogen and oxygen atoms in total. The molecule has 0 aliphatic carbocycles. The Labute approximate surface area is 237 Å². The molecule has 4 atom stereocenters. The highest BCUT2D eigenvalue weighted by atomic mass is 16.7. The van der Waals surface area contributed by atoms with Gasteiger partial charge in [0.05, 0.1) is 12.2 Å². The monoisotopic (exact) mass is 538 g/mol. The van der Waals surface area contributed by atoms with Gasteiger partial charge in [-0.1, -0.05) is 84.9 Å². The molecule has 0 aromatic heterocycles. The molecule has 0 saturated heterocycles. The molecule has 208 valence electrons. The molecule has 4 rings (SSSR count). The van der Waals surface area contributed by atoms with Gasteiger partial charge in [-0.15, -0.1) is 0 Å². The molecule has 4 unspecified atom stereocenters. The summed E-state index contributed by atoms with van der Waals surface area (Å²) in [5.74, 6) is 0.948. The van der Waals surface area contributed by atoms with Crippen molar-refractivity contribution in [1.29, 1.82) is 0 Å². The topological polar surface area (TPSA) is 54.0 Å². The lowest BCUT2D eigenvalue weighted by Gasteiger charge is -2.25. The Morgan fingerprint density at radius 3 is 1.18 bits per heavy atom. The lowest BCUT2D eigenvalue weighted by molar-refractivity contribution is 0.0647. The second-order valence-electron chi connectivity index (χ2n) is 9.69. The Kier molecular flexibility index (Phi) is 10.5. The number of hydrogen-bond donors (Lipinski definition) is 0. The van der Waals surface area contributed by atoms with Crippen LogP contribution in [0.4, 0.5) is 4.79 Å². The summed E-state index contributed by atoms with van der Waals surface area (Å²) in [6.07, 6.45) is -0.805. The fourth-order valence-corrected chi connectivity index (χ4v) is 5.21. The fourth-order valence-electron chi connectivity index (χ4n) is 5.21. The molecule has 0 aliphatic heterocycles. The summed E-state index contributed by atoms with van der Waals surface area (Å²) in [6.45, 7) is 9.42. The molecular weight excluding hydrogens is 500 g/mol. The smallest absolute Gasteiger partial charge is 0.395 e. The summed E-state index contributed by atoms with van der Waals surface area (Å²) in [5, 5.41) is 0. The number of ether oxygens (including phenoxy) is 4. The first-order valence-electron chi connectivity index (χ1n) is 13.9. The molecule has 0 spiro atoms. The highest BCUT2D eigenvalue weighted by Crippen LogP contribution is 2.32. The number of rotatable bonds is 12. The van der Waals surface area contributed by atoms with Crippen LogP contribution in [0, 0.1) is 0 Å². The van der Waals surface area contributed by atoms with E-state index in [0.29, 0.717) is 24.7 Å². The first-order chi connectivity index (χ1) is 19.5. The first kappa shape index (κ1) is 29.1. The zero-order valence-electron chi connectivity index (χ0n) is 23.7. The van der Waals surface area contributed by atoms with Crippen LogP contribution in [-0.2, 0) is 9.47 Å². The SMILES string of the molecule is CCOC(C)C(c1ccccc1)c1ccc(OC(=O)Oc2ccc(C(c3ccccc3)C(C)OCC)cc2)cc1. The molecule has 0 fully saturated rings. The van der Waals surface area contributed by atoms with E-state index in [9.17, 15) is 4.79 Å². The molecule has 40 heavy (non-hydrogen) atoms. The minimum atomic E-state index is -0.787. The Morgan fingerprint density at radius 2 is 0.850 bits per heavy atom. The average Bonchev–Trinajstić information content (AvgIpc) is 2.97. The lowest BCUT2D eigenvalue weighted by atomic mass is 9.87. The van der Waals surface area contributed by atoms with Crippen molar-refractivity contribution in [2.24, 2.45) is 0 Å². The fraction of sp³-hybridized carbons (Fsp3) is 0.286. The highest BCUT2D eigenvalue weighted by Gasteiger charge is 2.23. The molecule has 0 saturated carbocycles. The van der Waals surface area contributed by atoms with E-state index >= 15 is 0 Å². The summed E-state index contributed by atoms with van der Waals surface area (Å²) >= 11 is 0. The standard InChI is InChI=1S/C35H38O5/c1-5-37-25(3)33(27-13-9-7-10-14-27)29-17-21-31(22-18-29)39-35(36)40-32-23-19-30(20-24-32)34(26(4)38-6-2)28-15-11-8-12-16-28/h7-26,33-34H,5-6H2,1-4H3. The lowest BCUT2D eigenvalue weighted by Crippen LogP contribution is -2.20. The molecule has 0 amide bonds. The molecule has 0 bridgehead atoms. The predicted octanol–water partition coefficient (Wildman–Crippen LogP) is 8.38. The maximum Gasteiger partial charge on any atom is 0.519 e. The van der Waals surface area contributed by atoms with Crippen molar-refractivity contribution in [3.05, 3.63) is 131 Å². The molecule has 4 aromatic rings. The van der Waals surface area contributed by atoms with Gasteiger partial charge >= 0.3 is 6.16 Å². The highest BCUT2D eigenvalue weighted by molar-refractivity contribution is 5.67. The van der Waals surface area contributed by atoms with Gasteiger partial charge < -0.3 is 18.9 Å². The Hall–Kier alpha value is -3.93. The average molecular weight is 539 g/mol. The molecule has 4 aromatic carbocycles. The Bertz CT molecular complexity index is 1200. The van der Waals surface area contributed by atoms with E-state index in [1.807, 2.05) is 74.5 Å². The number of hydrogen-bond acceptors (Lipinski definition) is 5. The van der Waals surface area contributed by atoms with Gasteiger partial charge in [0, 0.05) is 25.0 Å². The van der Waals surface area contributed by atoms with E-state index < -0.39 is 6.16 Å². The second-order valence-corrected chi connectivity index (χ2v) is 9.69. The third-order valence-electron chi connectivity index (χ3n) is 7.00. The number of carbonyl (C=O) groups excluding carboxylic acids is 1. The quantitative estimate of drug-likeness (QED) is 0.134. The van der Waals surface area contributed by atoms with Crippen LogP contribution in [0.25, 0.3) is 0 Å². The van der Waals surface area contributed by atoms with Crippen LogP contribution in [0.15, 0.2) is 109 Å². The van der Waals surface area contributed by atoms with Gasteiger partial charge in [-0.25, -0.2) is 4.79 Å². The third-order valence-corrected chi connectivity index (χ3v) is 7.00.